The third kappa shape index (κ3) is 5.94. The van der Waals surface area contributed by atoms with Crippen molar-refractivity contribution in [3.8, 4) is 28.1 Å². The first-order valence-electron chi connectivity index (χ1n) is 10.8. The minimum absolute atomic E-state index is 0.0117. The Morgan fingerprint density at radius 1 is 1.03 bits per heavy atom. The Morgan fingerprint density at radius 2 is 1.71 bits per heavy atom. The number of ether oxygens (including phenoxy) is 1. The van der Waals surface area contributed by atoms with Gasteiger partial charge in [0.2, 0.25) is 5.78 Å². The van der Waals surface area contributed by atoms with Crippen LogP contribution in [0.5, 0.6) is 5.75 Å². The molecule has 0 aliphatic rings. The molecule has 4 rings (SSSR count). The number of nitrogens with zero attached hydrogens (tertiary/aromatic N) is 2. The average molecular weight is 485 g/mol. The van der Waals surface area contributed by atoms with Crippen molar-refractivity contribution >= 4 is 5.78 Å². The zero-order valence-corrected chi connectivity index (χ0v) is 18.4. The van der Waals surface area contributed by atoms with Crippen LogP contribution in [0.15, 0.2) is 70.4 Å². The van der Waals surface area contributed by atoms with Gasteiger partial charge in [0.15, 0.2) is 0 Å². The van der Waals surface area contributed by atoms with E-state index in [1.165, 1.54) is 28.8 Å². The molecule has 0 saturated carbocycles. The highest BCUT2D eigenvalue weighted by Gasteiger charge is 2.31. The molecule has 0 aliphatic carbocycles. The summed E-state index contributed by atoms with van der Waals surface area (Å²) in [5.41, 5.74) is 7.12. The molecule has 0 bridgehead atoms. The summed E-state index contributed by atoms with van der Waals surface area (Å²) >= 11 is 0. The van der Waals surface area contributed by atoms with Gasteiger partial charge in [-0.1, -0.05) is 24.3 Å². The fraction of sp³-hybridized carbons (Fsp3) is 0.208. The largest absolute Gasteiger partial charge is 0.573 e. The van der Waals surface area contributed by atoms with E-state index in [1.807, 2.05) is 12.1 Å². The lowest BCUT2D eigenvalue weighted by atomic mass is 10.1. The van der Waals surface area contributed by atoms with E-state index in [-0.39, 0.29) is 17.1 Å². The van der Waals surface area contributed by atoms with Gasteiger partial charge in [-0.2, -0.15) is 4.98 Å². The minimum atomic E-state index is -4.80. The summed E-state index contributed by atoms with van der Waals surface area (Å²) in [6, 6.07) is 13.6. The number of halogens is 3. The van der Waals surface area contributed by atoms with E-state index < -0.39 is 17.5 Å². The third-order valence-electron chi connectivity index (χ3n) is 5.23. The van der Waals surface area contributed by atoms with Crippen LogP contribution in [0, 0.1) is 0 Å². The van der Waals surface area contributed by atoms with Gasteiger partial charge in [0.1, 0.15) is 5.75 Å². The lowest BCUT2D eigenvalue weighted by Crippen LogP contribution is -2.21. The highest BCUT2D eigenvalue weighted by molar-refractivity contribution is 5.65. The van der Waals surface area contributed by atoms with E-state index in [0.29, 0.717) is 29.9 Å². The molecule has 4 N–H and O–H groups in total. The fourth-order valence-corrected chi connectivity index (χ4v) is 3.51. The first-order valence-corrected chi connectivity index (χ1v) is 10.8. The van der Waals surface area contributed by atoms with Crippen LogP contribution < -0.4 is 26.9 Å². The van der Waals surface area contributed by atoms with Gasteiger partial charge in [0.25, 0.3) is 11.1 Å². The van der Waals surface area contributed by atoms with Crippen LogP contribution in [-0.2, 0) is 6.54 Å². The van der Waals surface area contributed by atoms with Crippen molar-refractivity contribution in [1.29, 1.82) is 0 Å². The number of nitrogens with two attached hydrogens (primary N) is 1. The zero-order valence-electron chi connectivity index (χ0n) is 18.4. The van der Waals surface area contributed by atoms with Crippen LogP contribution >= 0.6 is 0 Å². The van der Waals surface area contributed by atoms with Gasteiger partial charge in [0.05, 0.1) is 11.3 Å². The Balaban J connectivity index is 1.60. The van der Waals surface area contributed by atoms with Crippen LogP contribution in [0.1, 0.15) is 12.0 Å². The number of aromatic nitrogens is 3. The van der Waals surface area contributed by atoms with E-state index in [1.54, 1.807) is 12.1 Å². The number of alkyl halides is 3. The van der Waals surface area contributed by atoms with E-state index in [0.717, 1.165) is 30.7 Å². The van der Waals surface area contributed by atoms with Crippen molar-refractivity contribution in [1.82, 2.24) is 19.7 Å². The normalized spacial score (nSPS) is 11.7. The topological polar surface area (TPSA) is 115 Å². The molecular formula is C24H22F3N5O3. The molecular weight excluding hydrogens is 463 g/mol. The van der Waals surface area contributed by atoms with Crippen molar-refractivity contribution in [3.05, 3.63) is 87.1 Å². The van der Waals surface area contributed by atoms with Crippen LogP contribution in [-0.4, -0.2) is 33.8 Å². The zero-order chi connectivity index (χ0) is 25.0. The maximum Gasteiger partial charge on any atom is 0.573 e. The number of aromatic amines is 1. The second-order valence-corrected chi connectivity index (χ2v) is 7.76. The SMILES string of the molecule is NCCCNCc1ccc(-c2cn3c(=O)cc(-c4ccc(OC(F)(F)F)cc4)[nH]c3nc2=O)cc1. The molecule has 0 saturated heterocycles. The molecule has 0 atom stereocenters. The summed E-state index contributed by atoms with van der Waals surface area (Å²) in [4.78, 5) is 32.4. The molecule has 0 radical (unpaired) electrons. The van der Waals surface area contributed by atoms with Crippen molar-refractivity contribution < 1.29 is 17.9 Å². The number of fused-ring (bicyclic) bond motifs is 1. The standard InChI is InChI=1S/C24H22F3N5O3/c25-24(26,27)35-18-8-6-17(7-9-18)20-12-21(33)32-14-19(22(34)31-23(32)30-20)16-4-2-15(3-5-16)13-29-11-1-10-28/h2-9,12,14,29H,1,10-11,13,28H2,(H,30,31,34). The molecule has 2 aromatic carbocycles. The molecule has 2 aromatic heterocycles. The number of nitrogens with one attached hydrogen (secondary N) is 2. The van der Waals surface area contributed by atoms with Crippen LogP contribution in [0.25, 0.3) is 28.2 Å². The van der Waals surface area contributed by atoms with Gasteiger partial charge >= 0.3 is 6.36 Å². The second-order valence-electron chi connectivity index (χ2n) is 7.76. The van der Waals surface area contributed by atoms with Crippen molar-refractivity contribution in [2.45, 2.75) is 19.3 Å². The maximum atomic E-state index is 12.8. The number of benzene rings is 2. The number of H-pyrrole nitrogens is 1. The number of hydrogen-bond acceptors (Lipinski definition) is 6. The van der Waals surface area contributed by atoms with Gasteiger partial charge in [-0.05, 0) is 60.5 Å². The predicted molar refractivity (Wildman–Crippen MR) is 125 cm³/mol. The summed E-state index contributed by atoms with van der Waals surface area (Å²) < 4.78 is 42.2. The smallest absolute Gasteiger partial charge is 0.406 e. The van der Waals surface area contributed by atoms with Crippen molar-refractivity contribution in [3.63, 3.8) is 0 Å². The molecule has 2 heterocycles. The number of hydrogen-bond donors (Lipinski definition) is 3. The summed E-state index contributed by atoms with van der Waals surface area (Å²) in [6.45, 7) is 2.10. The Kier molecular flexibility index (Phi) is 6.99. The monoisotopic (exact) mass is 485 g/mol. The molecule has 182 valence electrons. The van der Waals surface area contributed by atoms with Gasteiger partial charge in [-0.25, -0.2) is 0 Å². The number of rotatable bonds is 8. The Labute approximate surface area is 197 Å². The van der Waals surface area contributed by atoms with Crippen molar-refractivity contribution in [2.75, 3.05) is 13.1 Å². The van der Waals surface area contributed by atoms with E-state index in [4.69, 9.17) is 5.73 Å². The Morgan fingerprint density at radius 3 is 2.37 bits per heavy atom. The minimum Gasteiger partial charge on any atom is -0.406 e. The van der Waals surface area contributed by atoms with Crippen LogP contribution in [0.3, 0.4) is 0 Å². The molecule has 8 nitrogen and oxygen atoms in total. The van der Waals surface area contributed by atoms with Crippen molar-refractivity contribution in [2.24, 2.45) is 5.73 Å². The first kappa shape index (κ1) is 24.2. The lowest BCUT2D eigenvalue weighted by Gasteiger charge is -2.10. The highest BCUT2D eigenvalue weighted by Crippen LogP contribution is 2.25. The van der Waals surface area contributed by atoms with Gasteiger partial charge < -0.3 is 20.8 Å². The molecule has 0 fully saturated rings. The summed E-state index contributed by atoms with van der Waals surface area (Å²) in [5.74, 6) is -0.377. The van der Waals surface area contributed by atoms with Gasteiger partial charge in [-0.3, -0.25) is 14.0 Å². The van der Waals surface area contributed by atoms with E-state index >= 15 is 0 Å². The van der Waals surface area contributed by atoms with Crippen LogP contribution in [0.2, 0.25) is 0 Å². The van der Waals surface area contributed by atoms with Gasteiger partial charge in [0, 0.05) is 18.8 Å². The molecule has 0 aliphatic heterocycles. The Hall–Kier alpha value is -3.96. The predicted octanol–water partition coefficient (Wildman–Crippen LogP) is 3.05. The lowest BCUT2D eigenvalue weighted by molar-refractivity contribution is -0.274. The summed E-state index contributed by atoms with van der Waals surface area (Å²) in [7, 11) is 0. The maximum absolute atomic E-state index is 12.8. The highest BCUT2D eigenvalue weighted by atomic mass is 19.4. The molecule has 35 heavy (non-hydrogen) atoms. The van der Waals surface area contributed by atoms with Crippen LogP contribution in [0.4, 0.5) is 13.2 Å². The average Bonchev–Trinajstić information content (AvgIpc) is 2.81. The molecule has 0 spiro atoms. The molecule has 0 unspecified atom stereocenters. The molecule has 4 aromatic rings. The van der Waals surface area contributed by atoms with E-state index in [9.17, 15) is 22.8 Å². The second kappa shape index (κ2) is 10.1. The first-order chi connectivity index (χ1) is 16.7. The summed E-state index contributed by atoms with van der Waals surface area (Å²) in [6.07, 6.45) is -2.50. The Bertz CT molecular complexity index is 1430. The third-order valence-corrected chi connectivity index (χ3v) is 5.23. The molecule has 0 amide bonds. The molecule has 11 heteroatoms. The van der Waals surface area contributed by atoms with Gasteiger partial charge in [-0.15, -0.1) is 13.2 Å². The fourth-order valence-electron chi connectivity index (χ4n) is 3.51. The quantitative estimate of drug-likeness (QED) is 0.331. The van der Waals surface area contributed by atoms with E-state index in [2.05, 4.69) is 20.0 Å². The summed E-state index contributed by atoms with van der Waals surface area (Å²) in [5, 5.41) is 3.28.